The molecular formula is C73H75N3O. The van der Waals surface area contributed by atoms with Crippen LogP contribution in [0.15, 0.2) is 188 Å². The van der Waals surface area contributed by atoms with Crippen molar-refractivity contribution in [3.8, 4) is 89.7 Å². The van der Waals surface area contributed by atoms with Crippen molar-refractivity contribution in [1.82, 2.24) is 14.5 Å². The maximum atomic E-state index is 12.6. The number of benzene rings is 8. The largest absolute Gasteiger partial charge is 0.507 e. The van der Waals surface area contributed by atoms with E-state index in [4.69, 9.17) is 9.97 Å². The fourth-order valence-corrected chi connectivity index (χ4v) is 11.2. The van der Waals surface area contributed by atoms with Gasteiger partial charge in [0.05, 0.1) is 28.0 Å². The lowest BCUT2D eigenvalue weighted by atomic mass is 9.68. The Hall–Kier alpha value is -7.82. The number of hydrogen-bond acceptors (Lipinski definition) is 3. The molecular weight excluding hydrogens is 935 g/mol. The second-order valence-electron chi connectivity index (χ2n) is 21.9. The van der Waals surface area contributed by atoms with Crippen molar-refractivity contribution in [3.63, 3.8) is 0 Å². The number of rotatable bonds is 16. The molecule has 388 valence electrons. The Kier molecular flexibility index (Phi) is 13.1. The van der Waals surface area contributed by atoms with Gasteiger partial charge in [-0.05, 0) is 188 Å². The minimum atomic E-state index is -2.62. The Labute approximate surface area is 465 Å². The van der Waals surface area contributed by atoms with Gasteiger partial charge >= 0.3 is 0 Å². The summed E-state index contributed by atoms with van der Waals surface area (Å²) in [6.45, 7) is 18.0. The predicted molar refractivity (Wildman–Crippen MR) is 327 cm³/mol. The SMILES string of the molecule is [2H]C([2H])([2H])c1cc(-c2c(C(C)(CC)CC)cccc2C(C)(CC)CC)ccc1-n1c(-c2cc(C([2H])(C)C)cc(C([2H])(C)C)c2O)nc2c(-c3cc(-c4ccccc4)cc(-c4cc(-c5ccc(-c6ccccc6)cc5)ccn4)c3)cccc21. The van der Waals surface area contributed by atoms with E-state index in [1.54, 1.807) is 39.8 Å². The van der Waals surface area contributed by atoms with E-state index < -0.39 is 18.6 Å². The summed E-state index contributed by atoms with van der Waals surface area (Å²) in [6, 6.07) is 61.9. The number of phenolic OH excluding ortho intramolecular Hbond substituents is 1. The zero-order valence-electron chi connectivity index (χ0n) is 51.5. The number of hydrogen-bond donors (Lipinski definition) is 1. The Balaban J connectivity index is 1.25. The van der Waals surface area contributed by atoms with E-state index in [1.165, 1.54) is 11.1 Å². The first-order valence-electron chi connectivity index (χ1n) is 30.0. The summed E-state index contributed by atoms with van der Waals surface area (Å²) in [6.07, 6.45) is 5.48. The first kappa shape index (κ1) is 46.5. The molecule has 2 heterocycles. The summed E-state index contributed by atoms with van der Waals surface area (Å²) in [5.74, 6) is -2.27. The van der Waals surface area contributed by atoms with Crippen LogP contribution in [-0.4, -0.2) is 19.6 Å². The van der Waals surface area contributed by atoms with Gasteiger partial charge in [-0.15, -0.1) is 0 Å². The Bertz CT molecular complexity index is 3910. The summed E-state index contributed by atoms with van der Waals surface area (Å²) in [5, 5.41) is 12.6. The molecule has 0 aliphatic heterocycles. The molecule has 0 aliphatic rings. The molecule has 0 unspecified atom stereocenters. The molecule has 0 aliphatic carbocycles. The zero-order chi connectivity index (χ0) is 58.5. The highest BCUT2D eigenvalue weighted by Crippen LogP contribution is 2.48. The summed E-state index contributed by atoms with van der Waals surface area (Å²) in [5.41, 5.74) is 16.6. The van der Waals surface area contributed by atoms with E-state index >= 15 is 0 Å². The van der Waals surface area contributed by atoms with Crippen molar-refractivity contribution >= 4 is 11.0 Å². The molecule has 77 heavy (non-hydrogen) atoms. The fraction of sp³-hybridized carbons (Fsp3) is 0.260. The van der Waals surface area contributed by atoms with Crippen LogP contribution in [0.2, 0.25) is 0 Å². The number of aryl methyl sites for hydroxylation is 1. The Morgan fingerprint density at radius 3 is 1.68 bits per heavy atom. The highest BCUT2D eigenvalue weighted by atomic mass is 16.3. The highest BCUT2D eigenvalue weighted by Gasteiger charge is 2.33. The molecule has 0 atom stereocenters. The maximum Gasteiger partial charge on any atom is 0.149 e. The van der Waals surface area contributed by atoms with E-state index in [0.717, 1.165) is 92.6 Å². The minimum absolute atomic E-state index is 0.132. The molecule has 0 amide bonds. The topological polar surface area (TPSA) is 50.9 Å². The zero-order valence-corrected chi connectivity index (χ0v) is 46.5. The average Bonchev–Trinajstić information content (AvgIpc) is 4.04. The lowest BCUT2D eigenvalue weighted by molar-refractivity contribution is 0.426. The second kappa shape index (κ2) is 21.7. The van der Waals surface area contributed by atoms with Crippen LogP contribution in [-0.2, 0) is 10.8 Å². The van der Waals surface area contributed by atoms with Crippen molar-refractivity contribution in [2.75, 3.05) is 0 Å². The predicted octanol–water partition coefficient (Wildman–Crippen LogP) is 20.5. The van der Waals surface area contributed by atoms with Gasteiger partial charge in [-0.1, -0.05) is 197 Å². The van der Waals surface area contributed by atoms with Crippen LogP contribution in [0.4, 0.5) is 0 Å². The number of phenols is 1. The molecule has 4 heteroatoms. The van der Waals surface area contributed by atoms with Gasteiger partial charge in [0.25, 0.3) is 0 Å². The van der Waals surface area contributed by atoms with E-state index in [0.29, 0.717) is 33.4 Å². The van der Waals surface area contributed by atoms with Crippen LogP contribution < -0.4 is 0 Å². The molecule has 4 nitrogen and oxygen atoms in total. The molecule has 0 saturated carbocycles. The van der Waals surface area contributed by atoms with Gasteiger partial charge in [0.1, 0.15) is 11.6 Å². The van der Waals surface area contributed by atoms with Gasteiger partial charge in [-0.3, -0.25) is 9.55 Å². The fourth-order valence-electron chi connectivity index (χ4n) is 11.2. The lowest BCUT2D eigenvalue weighted by Gasteiger charge is -2.36. The average molecular weight is 1020 g/mol. The third-order valence-electron chi connectivity index (χ3n) is 16.9. The molecule has 10 aromatic rings. The van der Waals surface area contributed by atoms with Crippen molar-refractivity contribution < 1.29 is 12.0 Å². The van der Waals surface area contributed by atoms with Crippen molar-refractivity contribution in [2.45, 2.75) is 124 Å². The third kappa shape index (κ3) is 9.96. The van der Waals surface area contributed by atoms with Gasteiger partial charge < -0.3 is 5.11 Å². The van der Waals surface area contributed by atoms with Crippen LogP contribution in [0, 0.1) is 6.85 Å². The van der Waals surface area contributed by atoms with Crippen molar-refractivity contribution in [2.24, 2.45) is 0 Å². The van der Waals surface area contributed by atoms with Crippen molar-refractivity contribution in [1.29, 1.82) is 0 Å². The number of aromatic nitrogens is 3. The quantitative estimate of drug-likeness (QED) is 0.105. The van der Waals surface area contributed by atoms with E-state index in [2.05, 4.69) is 151 Å². The van der Waals surface area contributed by atoms with E-state index in [9.17, 15) is 12.0 Å². The van der Waals surface area contributed by atoms with Gasteiger partial charge in [0.15, 0.2) is 0 Å². The second-order valence-corrected chi connectivity index (χ2v) is 21.9. The Morgan fingerprint density at radius 2 is 1.08 bits per heavy atom. The number of aromatic hydroxyl groups is 1. The van der Waals surface area contributed by atoms with Gasteiger partial charge in [0.2, 0.25) is 0 Å². The highest BCUT2D eigenvalue weighted by molar-refractivity contribution is 5.98. The summed E-state index contributed by atoms with van der Waals surface area (Å²) in [7, 11) is 0. The third-order valence-corrected chi connectivity index (χ3v) is 16.9. The van der Waals surface area contributed by atoms with E-state index in [-0.39, 0.29) is 28.0 Å². The van der Waals surface area contributed by atoms with Gasteiger partial charge in [-0.2, -0.15) is 0 Å². The molecule has 1 N–H and O–H groups in total. The number of imidazole rings is 1. The number of pyridine rings is 1. The van der Waals surface area contributed by atoms with Gasteiger partial charge in [-0.25, -0.2) is 4.98 Å². The minimum Gasteiger partial charge on any atom is -0.507 e. The molecule has 0 saturated heterocycles. The molecule has 2 aromatic heterocycles. The van der Waals surface area contributed by atoms with Crippen molar-refractivity contribution in [3.05, 3.63) is 216 Å². The number of fused-ring (bicyclic) bond motifs is 1. The molecule has 0 spiro atoms. The number of nitrogens with zero attached hydrogens (tertiary/aromatic N) is 3. The maximum absolute atomic E-state index is 12.6. The molecule has 8 aromatic carbocycles. The first-order valence-corrected chi connectivity index (χ1v) is 27.5. The monoisotopic (exact) mass is 1010 g/mol. The molecule has 0 bridgehead atoms. The standard InChI is InChI=1S/C73H75N3O/c1-12-72(10,13-2)63-29-23-30-64(73(11,14-3)15-4)68(63)55-36-37-66(49(9)40-55)76-67-31-22-28-60(69(67)75-71(76)62-45-56(47(5)6)44-61(48(7)8)70(62)77)58-41-57(51-26-20-17-21-27-51)42-59(43-58)65-46-54(38-39-74-65)53-34-32-52(33-35-53)50-24-18-16-19-25-50/h16-48,77H,12-15H2,1-11H3/i9D3,47D,48D. The van der Waals surface area contributed by atoms with Crippen LogP contribution in [0.25, 0.3) is 95.0 Å². The summed E-state index contributed by atoms with van der Waals surface area (Å²) in [4.78, 5) is 10.5. The van der Waals surface area contributed by atoms with Crippen LogP contribution >= 0.6 is 0 Å². The normalized spacial score (nSPS) is 13.5. The summed E-state index contributed by atoms with van der Waals surface area (Å²) >= 11 is 0. The first-order chi connectivity index (χ1) is 39.0. The molecule has 0 fully saturated rings. The van der Waals surface area contributed by atoms with E-state index in [1.807, 2.05) is 71.4 Å². The molecule has 0 radical (unpaired) electrons. The Morgan fingerprint density at radius 1 is 0.519 bits per heavy atom. The van der Waals surface area contributed by atoms with Crippen LogP contribution in [0.5, 0.6) is 5.75 Å². The number of para-hydroxylation sites is 1. The summed E-state index contributed by atoms with van der Waals surface area (Å²) < 4.78 is 48.8. The van der Waals surface area contributed by atoms with Crippen LogP contribution in [0.3, 0.4) is 0 Å². The van der Waals surface area contributed by atoms with Gasteiger partial charge in [0, 0.05) is 24.2 Å². The molecule has 10 rings (SSSR count). The van der Waals surface area contributed by atoms with Crippen LogP contribution in [0.1, 0.15) is 141 Å². The smallest absolute Gasteiger partial charge is 0.149 e. The lowest BCUT2D eigenvalue weighted by Crippen LogP contribution is -2.25.